The molecule has 1 nitrogen and oxygen atoms in total. The van der Waals surface area contributed by atoms with Gasteiger partial charge in [0, 0.05) is 6.42 Å². The maximum atomic E-state index is 11.7. The normalized spacial score (nSPS) is 21.6. The number of hydrogen-bond donors (Lipinski definition) is 0. The van der Waals surface area contributed by atoms with Crippen molar-refractivity contribution in [3.05, 3.63) is 23.8 Å². The third-order valence-corrected chi connectivity index (χ3v) is 2.94. The van der Waals surface area contributed by atoms with Crippen LogP contribution in [0.15, 0.2) is 23.8 Å². The molecule has 0 heterocycles. The summed E-state index contributed by atoms with van der Waals surface area (Å²) < 4.78 is 0. The molecule has 1 unspecified atom stereocenters. The van der Waals surface area contributed by atoms with Crippen molar-refractivity contribution in [2.75, 3.05) is 0 Å². The maximum absolute atomic E-state index is 11.7. The fourth-order valence-corrected chi connectivity index (χ4v) is 1.68. The summed E-state index contributed by atoms with van der Waals surface area (Å²) in [6.07, 6.45) is 6.79. The molecule has 0 spiro atoms. The molecule has 1 aliphatic carbocycles. The summed E-state index contributed by atoms with van der Waals surface area (Å²) in [5.74, 6) is 1.05. The standard InChI is InChI=1S/C13H20O/c1-4-10(2)9-13(14)12-7-5-11(3)6-8-12/h7,11H,2,4-6,8-9H2,1,3H3. The summed E-state index contributed by atoms with van der Waals surface area (Å²) in [4.78, 5) is 11.7. The lowest BCUT2D eigenvalue weighted by atomic mass is 9.87. The van der Waals surface area contributed by atoms with Gasteiger partial charge in [-0.15, -0.1) is 0 Å². The van der Waals surface area contributed by atoms with Gasteiger partial charge in [-0.2, -0.15) is 0 Å². The van der Waals surface area contributed by atoms with Crippen LogP contribution in [0.1, 0.15) is 46.0 Å². The smallest absolute Gasteiger partial charge is 0.162 e. The number of rotatable bonds is 4. The van der Waals surface area contributed by atoms with E-state index in [-0.39, 0.29) is 0 Å². The molecule has 1 rings (SSSR count). The number of Topliss-reactive ketones (excluding diaryl/α,β-unsaturated/α-hetero) is 1. The number of hydrogen-bond acceptors (Lipinski definition) is 1. The van der Waals surface area contributed by atoms with Gasteiger partial charge < -0.3 is 0 Å². The molecule has 0 aromatic heterocycles. The number of allylic oxidation sites excluding steroid dienone is 3. The van der Waals surface area contributed by atoms with Gasteiger partial charge in [0.2, 0.25) is 0 Å². The van der Waals surface area contributed by atoms with Crippen molar-refractivity contribution in [2.45, 2.75) is 46.0 Å². The van der Waals surface area contributed by atoms with Crippen molar-refractivity contribution in [2.24, 2.45) is 5.92 Å². The zero-order valence-corrected chi connectivity index (χ0v) is 9.31. The lowest BCUT2D eigenvalue weighted by Gasteiger charge is -2.17. The molecule has 0 bridgehead atoms. The molecule has 0 N–H and O–H groups in total. The van der Waals surface area contributed by atoms with Crippen LogP contribution in [0.25, 0.3) is 0 Å². The van der Waals surface area contributed by atoms with Gasteiger partial charge in [-0.05, 0) is 37.2 Å². The maximum Gasteiger partial charge on any atom is 0.162 e. The Kier molecular flexibility index (Phi) is 4.12. The zero-order valence-electron chi connectivity index (χ0n) is 9.31. The van der Waals surface area contributed by atoms with Gasteiger partial charge in [0.05, 0.1) is 0 Å². The van der Waals surface area contributed by atoms with Crippen LogP contribution >= 0.6 is 0 Å². The minimum atomic E-state index is 0.295. The molecule has 0 aliphatic heterocycles. The molecule has 1 aliphatic rings. The molecular weight excluding hydrogens is 172 g/mol. The Balaban J connectivity index is 2.49. The highest BCUT2D eigenvalue weighted by Crippen LogP contribution is 2.24. The van der Waals surface area contributed by atoms with E-state index in [1.165, 1.54) is 0 Å². The highest BCUT2D eigenvalue weighted by molar-refractivity contribution is 5.96. The highest BCUT2D eigenvalue weighted by atomic mass is 16.1. The SMILES string of the molecule is C=C(CC)CC(=O)C1=CCC(C)CC1. The molecule has 1 heteroatoms. The lowest BCUT2D eigenvalue weighted by Crippen LogP contribution is -2.10. The topological polar surface area (TPSA) is 17.1 Å². The van der Waals surface area contributed by atoms with E-state index in [0.717, 1.165) is 42.7 Å². The van der Waals surface area contributed by atoms with Crippen LogP contribution in [0, 0.1) is 5.92 Å². The second-order valence-corrected chi connectivity index (χ2v) is 4.31. The van der Waals surface area contributed by atoms with E-state index in [1.54, 1.807) is 0 Å². The van der Waals surface area contributed by atoms with Gasteiger partial charge >= 0.3 is 0 Å². The third-order valence-electron chi connectivity index (χ3n) is 2.94. The first-order valence-corrected chi connectivity index (χ1v) is 5.52. The Bertz CT molecular complexity index is 260. The van der Waals surface area contributed by atoms with Gasteiger partial charge in [-0.25, -0.2) is 0 Å². The summed E-state index contributed by atoms with van der Waals surface area (Å²) >= 11 is 0. The Morgan fingerprint density at radius 1 is 1.64 bits per heavy atom. The lowest BCUT2D eigenvalue weighted by molar-refractivity contribution is -0.115. The van der Waals surface area contributed by atoms with E-state index in [9.17, 15) is 4.79 Å². The van der Waals surface area contributed by atoms with Crippen molar-refractivity contribution in [1.29, 1.82) is 0 Å². The number of carbonyl (C=O) groups is 1. The van der Waals surface area contributed by atoms with Crippen molar-refractivity contribution in [1.82, 2.24) is 0 Å². The van der Waals surface area contributed by atoms with Crippen molar-refractivity contribution in [3.8, 4) is 0 Å². The third kappa shape index (κ3) is 3.13. The van der Waals surface area contributed by atoms with Gasteiger partial charge in [0.1, 0.15) is 0 Å². The molecule has 78 valence electrons. The van der Waals surface area contributed by atoms with Crippen molar-refractivity contribution in [3.63, 3.8) is 0 Å². The molecule has 0 amide bonds. The summed E-state index contributed by atoms with van der Waals surface area (Å²) in [6, 6.07) is 0. The molecule has 14 heavy (non-hydrogen) atoms. The van der Waals surface area contributed by atoms with Gasteiger partial charge in [-0.3, -0.25) is 4.79 Å². The van der Waals surface area contributed by atoms with Crippen LogP contribution < -0.4 is 0 Å². The van der Waals surface area contributed by atoms with E-state index in [4.69, 9.17) is 0 Å². The van der Waals surface area contributed by atoms with Crippen LogP contribution in [0.2, 0.25) is 0 Å². The van der Waals surface area contributed by atoms with Crippen LogP contribution in [0.3, 0.4) is 0 Å². The van der Waals surface area contributed by atoms with E-state index in [2.05, 4.69) is 19.6 Å². The fourth-order valence-electron chi connectivity index (χ4n) is 1.68. The second kappa shape index (κ2) is 5.14. The van der Waals surface area contributed by atoms with Gasteiger partial charge in [0.15, 0.2) is 5.78 Å². The van der Waals surface area contributed by atoms with E-state index in [1.807, 2.05) is 6.92 Å². The van der Waals surface area contributed by atoms with Crippen LogP contribution in [-0.2, 0) is 4.79 Å². The minimum Gasteiger partial charge on any atom is -0.294 e. The summed E-state index contributed by atoms with van der Waals surface area (Å²) in [5.41, 5.74) is 2.09. The Morgan fingerprint density at radius 3 is 2.86 bits per heavy atom. The molecule has 0 fully saturated rings. The zero-order chi connectivity index (χ0) is 10.6. The predicted molar refractivity (Wildman–Crippen MR) is 60.2 cm³/mol. The molecule has 0 aromatic carbocycles. The number of carbonyl (C=O) groups excluding carboxylic acids is 1. The molecule has 0 aromatic rings. The average Bonchev–Trinajstić information content (AvgIpc) is 2.18. The highest BCUT2D eigenvalue weighted by Gasteiger charge is 2.15. The summed E-state index contributed by atoms with van der Waals surface area (Å²) in [5, 5.41) is 0. The molecule has 1 atom stereocenters. The predicted octanol–water partition coefficient (Wildman–Crippen LogP) is 3.66. The van der Waals surface area contributed by atoms with Crippen LogP contribution in [0.4, 0.5) is 0 Å². The number of ketones is 1. The first-order valence-electron chi connectivity index (χ1n) is 5.52. The van der Waals surface area contributed by atoms with Crippen LogP contribution in [-0.4, -0.2) is 5.78 Å². The molecule has 0 saturated heterocycles. The fraction of sp³-hybridized carbons (Fsp3) is 0.615. The second-order valence-electron chi connectivity index (χ2n) is 4.31. The van der Waals surface area contributed by atoms with Crippen molar-refractivity contribution < 1.29 is 4.79 Å². The Labute approximate surface area is 86.9 Å². The van der Waals surface area contributed by atoms with E-state index in [0.29, 0.717) is 12.2 Å². The summed E-state index contributed by atoms with van der Waals surface area (Å²) in [7, 11) is 0. The average molecular weight is 192 g/mol. The molecule has 0 saturated carbocycles. The monoisotopic (exact) mass is 192 g/mol. The van der Waals surface area contributed by atoms with Crippen molar-refractivity contribution >= 4 is 5.78 Å². The van der Waals surface area contributed by atoms with Gasteiger partial charge in [-0.1, -0.05) is 32.1 Å². The first-order chi connectivity index (χ1) is 6.63. The Morgan fingerprint density at radius 2 is 2.36 bits per heavy atom. The first kappa shape index (κ1) is 11.2. The van der Waals surface area contributed by atoms with E-state index >= 15 is 0 Å². The minimum absolute atomic E-state index is 0.295. The molecule has 0 radical (unpaired) electrons. The quantitative estimate of drug-likeness (QED) is 0.621. The Hall–Kier alpha value is -0.850. The van der Waals surface area contributed by atoms with Gasteiger partial charge in [0.25, 0.3) is 0 Å². The van der Waals surface area contributed by atoms with Crippen LogP contribution in [0.5, 0.6) is 0 Å². The van der Waals surface area contributed by atoms with E-state index < -0.39 is 0 Å². The summed E-state index contributed by atoms with van der Waals surface area (Å²) in [6.45, 7) is 8.16. The largest absolute Gasteiger partial charge is 0.294 e. The molecular formula is C13H20O.